The molecule has 0 aliphatic carbocycles. The van der Waals surface area contributed by atoms with Gasteiger partial charge in [-0.1, -0.05) is 46.3 Å². The quantitative estimate of drug-likeness (QED) is 0.143. The number of ether oxygens (including phenoxy) is 2. The van der Waals surface area contributed by atoms with Gasteiger partial charge < -0.3 is 14.4 Å². The highest BCUT2D eigenvalue weighted by Gasteiger charge is 2.25. The maximum Gasteiger partial charge on any atom is 0.341 e. The zero-order chi connectivity index (χ0) is 31.1. The molecule has 10 heteroatoms. The molecule has 0 radical (unpaired) electrons. The van der Waals surface area contributed by atoms with Gasteiger partial charge in [0.25, 0.3) is 0 Å². The molecule has 1 amide bonds. The molecule has 0 bridgehead atoms. The van der Waals surface area contributed by atoms with E-state index in [0.29, 0.717) is 26.4 Å². The predicted octanol–water partition coefficient (Wildman–Crippen LogP) is 7.00. The first-order valence-electron chi connectivity index (χ1n) is 14.3. The standard InChI is InChI=1S/C34H34BrN3O5S/c1-42-32-21-24(29(35)23-28(32)34(40)43-2)22-33(39)38(31-14-8-7-13-30(31)37-19-9-4-10-20-37)36-25-15-17-27(18-16-25)44(41)26-11-5-3-6-12-26/h3,5-8,11-18,21,23,36H,4,9-10,19-20,22H2,1-2H3. The maximum atomic E-state index is 14.2. The first kappa shape index (κ1) is 31.3. The van der Waals surface area contributed by atoms with Gasteiger partial charge in [0.05, 0.1) is 48.5 Å². The minimum atomic E-state index is -1.32. The number of amides is 1. The molecular formula is C34H34BrN3O5S. The topological polar surface area (TPSA) is 88.2 Å². The first-order chi connectivity index (χ1) is 21.4. The van der Waals surface area contributed by atoms with Gasteiger partial charge in [-0.05, 0) is 85.5 Å². The summed E-state index contributed by atoms with van der Waals surface area (Å²) >= 11 is 3.53. The lowest BCUT2D eigenvalue weighted by atomic mass is 10.1. The van der Waals surface area contributed by atoms with Crippen molar-refractivity contribution in [2.24, 2.45) is 0 Å². The number of hydrogen-bond acceptors (Lipinski definition) is 7. The summed E-state index contributed by atoms with van der Waals surface area (Å²) in [6, 6.07) is 27.7. The summed E-state index contributed by atoms with van der Waals surface area (Å²) in [5.41, 5.74) is 6.59. The van der Waals surface area contributed by atoms with Crippen LogP contribution in [-0.4, -0.2) is 43.4 Å². The van der Waals surface area contributed by atoms with Crippen LogP contribution in [0.2, 0.25) is 0 Å². The molecule has 8 nitrogen and oxygen atoms in total. The summed E-state index contributed by atoms with van der Waals surface area (Å²) in [5, 5.41) is 1.57. The normalized spacial score (nSPS) is 13.6. The third-order valence-corrected chi connectivity index (χ3v) is 9.59. The average Bonchev–Trinajstić information content (AvgIpc) is 3.08. The second kappa shape index (κ2) is 14.5. The molecule has 44 heavy (non-hydrogen) atoms. The van der Waals surface area contributed by atoms with Gasteiger partial charge in [-0.3, -0.25) is 10.2 Å². The van der Waals surface area contributed by atoms with E-state index in [1.54, 1.807) is 29.3 Å². The highest BCUT2D eigenvalue weighted by Crippen LogP contribution is 2.34. The molecule has 1 heterocycles. The maximum absolute atomic E-state index is 14.2. The van der Waals surface area contributed by atoms with Crippen LogP contribution in [0.1, 0.15) is 35.2 Å². The summed E-state index contributed by atoms with van der Waals surface area (Å²) in [4.78, 5) is 30.2. The fourth-order valence-corrected chi connectivity index (χ4v) is 6.73. The molecule has 4 aromatic rings. The zero-order valence-electron chi connectivity index (χ0n) is 24.6. The van der Waals surface area contributed by atoms with E-state index in [0.717, 1.165) is 42.2 Å². The zero-order valence-corrected chi connectivity index (χ0v) is 27.0. The molecule has 1 atom stereocenters. The highest BCUT2D eigenvalue weighted by molar-refractivity contribution is 9.10. The molecule has 0 spiro atoms. The number of nitrogens with one attached hydrogen (secondary N) is 1. The smallest absolute Gasteiger partial charge is 0.341 e. The Bertz CT molecular complexity index is 1640. The van der Waals surface area contributed by atoms with Crippen molar-refractivity contribution in [3.8, 4) is 5.75 Å². The van der Waals surface area contributed by atoms with E-state index in [-0.39, 0.29) is 17.9 Å². The van der Waals surface area contributed by atoms with Gasteiger partial charge >= 0.3 is 5.97 Å². The Morgan fingerprint density at radius 3 is 2.23 bits per heavy atom. The molecule has 0 saturated carbocycles. The van der Waals surface area contributed by atoms with Crippen molar-refractivity contribution >= 4 is 55.7 Å². The third-order valence-electron chi connectivity index (χ3n) is 7.45. The van der Waals surface area contributed by atoms with Gasteiger partial charge in [0.2, 0.25) is 5.91 Å². The van der Waals surface area contributed by atoms with E-state index in [1.807, 2.05) is 66.7 Å². The van der Waals surface area contributed by atoms with Crippen LogP contribution in [0.4, 0.5) is 17.1 Å². The van der Waals surface area contributed by atoms with Crippen molar-refractivity contribution in [1.82, 2.24) is 0 Å². The average molecular weight is 677 g/mol. The molecule has 1 saturated heterocycles. The molecule has 1 fully saturated rings. The lowest BCUT2D eigenvalue weighted by Crippen LogP contribution is -2.39. The number of benzene rings is 4. The first-order valence-corrected chi connectivity index (χ1v) is 16.3. The highest BCUT2D eigenvalue weighted by atomic mass is 79.9. The number of carbonyl (C=O) groups is 2. The fraction of sp³-hybridized carbons (Fsp3) is 0.235. The van der Waals surface area contributed by atoms with Crippen LogP contribution in [0.5, 0.6) is 5.75 Å². The molecule has 1 aliphatic heterocycles. The molecule has 1 N–H and O–H groups in total. The number of nitrogens with zero attached hydrogens (tertiary/aromatic N) is 2. The molecule has 228 valence electrons. The van der Waals surface area contributed by atoms with E-state index in [1.165, 1.54) is 20.6 Å². The van der Waals surface area contributed by atoms with Crippen LogP contribution >= 0.6 is 15.9 Å². The number of piperidine rings is 1. The second-order valence-corrected chi connectivity index (χ2v) is 12.6. The molecule has 4 aromatic carbocycles. The van der Waals surface area contributed by atoms with Gasteiger partial charge in [-0.25, -0.2) is 14.0 Å². The largest absolute Gasteiger partial charge is 0.496 e. The SMILES string of the molecule is COC(=O)c1cc(Br)c(CC(=O)N(Nc2ccc(S(=O)c3ccccc3)cc2)c2ccccc2N2CCCCC2)cc1OC. The molecular weight excluding hydrogens is 642 g/mol. The van der Waals surface area contributed by atoms with Crippen molar-refractivity contribution in [2.75, 3.05) is 42.6 Å². The van der Waals surface area contributed by atoms with Crippen molar-refractivity contribution in [2.45, 2.75) is 35.5 Å². The summed E-state index contributed by atoms with van der Waals surface area (Å²) < 4.78 is 24.0. The number of esters is 1. The number of anilines is 3. The van der Waals surface area contributed by atoms with Crippen LogP contribution in [0.25, 0.3) is 0 Å². The number of hydrazine groups is 1. The van der Waals surface area contributed by atoms with E-state index < -0.39 is 16.8 Å². The number of halogens is 1. The predicted molar refractivity (Wildman–Crippen MR) is 177 cm³/mol. The van der Waals surface area contributed by atoms with Crippen LogP contribution in [-0.2, 0) is 26.8 Å². The Labute approximate surface area is 268 Å². The molecule has 5 rings (SSSR count). The minimum Gasteiger partial charge on any atom is -0.496 e. The molecule has 1 aliphatic rings. The summed E-state index contributed by atoms with van der Waals surface area (Å²) in [6.07, 6.45) is 3.38. The van der Waals surface area contributed by atoms with Crippen molar-refractivity contribution in [3.05, 3.63) is 107 Å². The lowest BCUT2D eigenvalue weighted by molar-refractivity contribution is -0.117. The van der Waals surface area contributed by atoms with E-state index in [9.17, 15) is 13.8 Å². The Hall–Kier alpha value is -4.15. The number of rotatable bonds is 10. The Morgan fingerprint density at radius 1 is 0.886 bits per heavy atom. The summed E-state index contributed by atoms with van der Waals surface area (Å²) in [5.74, 6) is -0.436. The Balaban J connectivity index is 1.48. The van der Waals surface area contributed by atoms with Gasteiger partial charge in [-0.2, -0.15) is 0 Å². The number of para-hydroxylation sites is 2. The monoisotopic (exact) mass is 675 g/mol. The van der Waals surface area contributed by atoms with Crippen molar-refractivity contribution in [3.63, 3.8) is 0 Å². The van der Waals surface area contributed by atoms with Crippen LogP contribution in [0.15, 0.2) is 105 Å². The Morgan fingerprint density at radius 2 is 1.55 bits per heavy atom. The molecule has 0 aromatic heterocycles. The number of hydrogen-bond donors (Lipinski definition) is 1. The fourth-order valence-electron chi connectivity index (χ4n) is 5.19. The summed E-state index contributed by atoms with van der Waals surface area (Å²) in [6.45, 7) is 1.83. The van der Waals surface area contributed by atoms with Crippen molar-refractivity contribution < 1.29 is 23.3 Å². The second-order valence-electron chi connectivity index (χ2n) is 10.3. The number of carbonyl (C=O) groups excluding carboxylic acids is 2. The lowest BCUT2D eigenvalue weighted by Gasteiger charge is -2.34. The van der Waals surface area contributed by atoms with Crippen LogP contribution in [0, 0.1) is 0 Å². The van der Waals surface area contributed by atoms with Crippen LogP contribution < -0.4 is 20.1 Å². The van der Waals surface area contributed by atoms with Crippen LogP contribution in [0.3, 0.4) is 0 Å². The van der Waals surface area contributed by atoms with Gasteiger partial charge in [0.1, 0.15) is 11.3 Å². The van der Waals surface area contributed by atoms with E-state index >= 15 is 0 Å². The number of methoxy groups -OCH3 is 2. The molecule has 1 unspecified atom stereocenters. The van der Waals surface area contributed by atoms with Gasteiger partial charge in [-0.15, -0.1) is 0 Å². The minimum absolute atomic E-state index is 0.00976. The summed E-state index contributed by atoms with van der Waals surface area (Å²) in [7, 11) is 1.46. The van der Waals surface area contributed by atoms with Gasteiger partial charge in [0, 0.05) is 27.4 Å². The van der Waals surface area contributed by atoms with Gasteiger partial charge in [0.15, 0.2) is 0 Å². The third kappa shape index (κ3) is 7.14. The van der Waals surface area contributed by atoms with E-state index in [4.69, 9.17) is 9.47 Å². The van der Waals surface area contributed by atoms with Crippen molar-refractivity contribution in [1.29, 1.82) is 0 Å². The Kier molecular flexibility index (Phi) is 10.3. The van der Waals surface area contributed by atoms with E-state index in [2.05, 4.69) is 26.3 Å².